The van der Waals surface area contributed by atoms with Crippen LogP contribution in [-0.2, 0) is 50.3 Å². The Morgan fingerprint density at radius 3 is 2.22 bits per heavy atom. The Hall–Kier alpha value is -4.75. The number of hydrogen-bond acceptors (Lipinski definition) is 8. The minimum atomic E-state index is -3.95. The minimum absolute atomic E-state index is 0.0231. The molecule has 54 heavy (non-hydrogen) atoms. The van der Waals surface area contributed by atoms with Gasteiger partial charge < -0.3 is 24.8 Å². The Morgan fingerprint density at radius 1 is 0.852 bits per heavy atom. The zero-order chi connectivity index (χ0) is 37.9. The smallest absolute Gasteiger partial charge is 0.241 e. The SMILES string of the molecule is Cc1ccc(S(=O)(=O)N[C@H](Cc2ccccc2)C(=O)NCc2ccc(C3O[C@H](CN(C)CCc4ccccn4)C[C@H](c4ccc(CO)cc4)O3)cc2)cc1. The summed E-state index contributed by atoms with van der Waals surface area (Å²) in [4.78, 5) is 20.4. The third kappa shape index (κ3) is 10.9. The number of nitrogens with one attached hydrogen (secondary N) is 2. The molecule has 1 aliphatic rings. The lowest BCUT2D eigenvalue weighted by molar-refractivity contribution is -0.252. The highest BCUT2D eigenvalue weighted by Gasteiger charge is 2.33. The number of hydrogen-bond donors (Lipinski definition) is 3. The Labute approximate surface area is 318 Å². The Morgan fingerprint density at radius 2 is 1.54 bits per heavy atom. The van der Waals surface area contributed by atoms with Crippen LogP contribution in [0, 0.1) is 6.92 Å². The second kappa shape index (κ2) is 18.5. The third-order valence-electron chi connectivity index (χ3n) is 9.55. The highest BCUT2D eigenvalue weighted by molar-refractivity contribution is 7.89. The Balaban J connectivity index is 1.12. The monoisotopic (exact) mass is 748 g/mol. The molecule has 0 bridgehead atoms. The van der Waals surface area contributed by atoms with Crippen molar-refractivity contribution in [2.24, 2.45) is 0 Å². The molecule has 10 nitrogen and oxygen atoms in total. The molecule has 1 aliphatic heterocycles. The molecule has 6 rings (SSSR count). The molecule has 11 heteroatoms. The second-order valence-electron chi connectivity index (χ2n) is 13.8. The second-order valence-corrected chi connectivity index (χ2v) is 15.5. The first kappa shape index (κ1) is 39.0. The van der Waals surface area contributed by atoms with Crippen molar-refractivity contribution in [3.8, 4) is 0 Å². The highest BCUT2D eigenvalue weighted by atomic mass is 32.2. The van der Waals surface area contributed by atoms with E-state index in [2.05, 4.69) is 27.0 Å². The normalized spacial score (nSPS) is 18.0. The van der Waals surface area contributed by atoms with Crippen LogP contribution in [0.5, 0.6) is 0 Å². The number of pyridine rings is 1. The lowest BCUT2D eigenvalue weighted by atomic mass is 9.99. The van der Waals surface area contributed by atoms with Gasteiger partial charge in [-0.1, -0.05) is 103 Å². The molecule has 2 heterocycles. The quantitative estimate of drug-likeness (QED) is 0.115. The average molecular weight is 749 g/mol. The summed E-state index contributed by atoms with van der Waals surface area (Å²) in [5, 5.41) is 12.5. The van der Waals surface area contributed by atoms with Crippen molar-refractivity contribution in [1.29, 1.82) is 0 Å². The van der Waals surface area contributed by atoms with E-state index in [9.17, 15) is 18.3 Å². The number of aliphatic hydroxyl groups excluding tert-OH is 1. The standard InChI is InChI=1S/C43H48N4O6S/c1-31-11-21-39(22-12-31)54(50,51)46-40(26-32-8-4-3-5-9-32)42(49)45-28-33-13-19-36(20-14-33)43-52-38(29-47(2)25-23-37-10-6-7-24-44-37)27-41(53-43)35-17-15-34(30-48)16-18-35/h3-22,24,38,40-41,43,46,48H,23,25-30H2,1-2H3,(H,45,49)/t38-,40+,41+,43?/m0/s1. The van der Waals surface area contributed by atoms with Crippen molar-refractivity contribution < 1.29 is 27.8 Å². The number of likely N-dealkylation sites (N-methyl/N-ethyl adjacent to an activating group) is 1. The van der Waals surface area contributed by atoms with Crippen molar-refractivity contribution >= 4 is 15.9 Å². The van der Waals surface area contributed by atoms with E-state index >= 15 is 0 Å². The number of aryl methyl sites for hydroxylation is 1. The van der Waals surface area contributed by atoms with Gasteiger partial charge in [-0.15, -0.1) is 0 Å². The molecular weight excluding hydrogens is 701 g/mol. The van der Waals surface area contributed by atoms with E-state index in [4.69, 9.17) is 9.47 Å². The van der Waals surface area contributed by atoms with Crippen LogP contribution < -0.4 is 10.0 Å². The lowest BCUT2D eigenvalue weighted by Crippen LogP contribution is -2.47. The molecule has 1 amide bonds. The molecule has 5 aromatic rings. The molecule has 4 aromatic carbocycles. The number of amides is 1. The van der Waals surface area contributed by atoms with E-state index in [1.54, 1.807) is 12.1 Å². The Bertz CT molecular complexity index is 2030. The summed E-state index contributed by atoms with van der Waals surface area (Å²) < 4.78 is 42.3. The van der Waals surface area contributed by atoms with Crippen molar-refractivity contribution in [3.05, 3.63) is 167 Å². The van der Waals surface area contributed by atoms with Crippen LogP contribution in [0.1, 0.15) is 57.9 Å². The maximum Gasteiger partial charge on any atom is 0.241 e. The van der Waals surface area contributed by atoms with Gasteiger partial charge in [0.2, 0.25) is 15.9 Å². The summed E-state index contributed by atoms with van der Waals surface area (Å²) in [6, 6.07) is 36.3. The predicted molar refractivity (Wildman–Crippen MR) is 208 cm³/mol. The van der Waals surface area contributed by atoms with E-state index in [-0.39, 0.29) is 36.7 Å². The van der Waals surface area contributed by atoms with E-state index in [1.807, 2.05) is 110 Å². The summed E-state index contributed by atoms with van der Waals surface area (Å²) in [5.74, 6) is -0.428. The predicted octanol–water partition coefficient (Wildman–Crippen LogP) is 5.81. The van der Waals surface area contributed by atoms with E-state index < -0.39 is 28.3 Å². The van der Waals surface area contributed by atoms with Gasteiger partial charge in [0.15, 0.2) is 6.29 Å². The first-order chi connectivity index (χ1) is 26.1. The number of ether oxygens (including phenoxy) is 2. The van der Waals surface area contributed by atoms with Gasteiger partial charge in [0.05, 0.1) is 23.7 Å². The summed E-state index contributed by atoms with van der Waals surface area (Å²) in [5.41, 5.74) is 6.36. The summed E-state index contributed by atoms with van der Waals surface area (Å²) >= 11 is 0. The van der Waals surface area contributed by atoms with Crippen LogP contribution in [0.3, 0.4) is 0 Å². The number of aliphatic hydroxyl groups is 1. The van der Waals surface area contributed by atoms with Gasteiger partial charge in [-0.05, 0) is 66.9 Å². The molecule has 1 unspecified atom stereocenters. The van der Waals surface area contributed by atoms with Crippen molar-refractivity contribution in [3.63, 3.8) is 0 Å². The lowest BCUT2D eigenvalue weighted by Gasteiger charge is -2.38. The topological polar surface area (TPSA) is 130 Å². The fourth-order valence-electron chi connectivity index (χ4n) is 6.44. The van der Waals surface area contributed by atoms with Crippen LogP contribution in [0.2, 0.25) is 0 Å². The summed E-state index contributed by atoms with van der Waals surface area (Å²) in [7, 11) is -1.87. The summed E-state index contributed by atoms with van der Waals surface area (Å²) in [6.07, 6.45) is 2.57. The molecule has 3 N–H and O–H groups in total. The van der Waals surface area contributed by atoms with Crippen molar-refractivity contribution in [1.82, 2.24) is 19.9 Å². The number of carbonyl (C=O) groups excluding carboxylic acids is 1. The molecule has 0 aliphatic carbocycles. The van der Waals surface area contributed by atoms with Crippen molar-refractivity contribution in [2.75, 3.05) is 20.1 Å². The fraction of sp³-hybridized carbons (Fsp3) is 0.302. The first-order valence-electron chi connectivity index (χ1n) is 18.2. The molecule has 0 radical (unpaired) electrons. The molecule has 282 valence electrons. The molecule has 4 atom stereocenters. The number of carbonyl (C=O) groups is 1. The number of nitrogens with zero attached hydrogens (tertiary/aromatic N) is 2. The zero-order valence-corrected chi connectivity index (χ0v) is 31.5. The van der Waals surface area contributed by atoms with E-state index in [1.165, 1.54) is 12.1 Å². The number of benzene rings is 4. The van der Waals surface area contributed by atoms with Gasteiger partial charge >= 0.3 is 0 Å². The molecule has 1 aromatic heterocycles. The fourth-order valence-corrected chi connectivity index (χ4v) is 7.63. The minimum Gasteiger partial charge on any atom is -0.392 e. The number of rotatable bonds is 16. The van der Waals surface area contributed by atoms with Gasteiger partial charge in [-0.2, -0.15) is 4.72 Å². The van der Waals surface area contributed by atoms with Crippen LogP contribution in [0.25, 0.3) is 0 Å². The van der Waals surface area contributed by atoms with Crippen molar-refractivity contribution in [2.45, 2.75) is 68.8 Å². The van der Waals surface area contributed by atoms with Gasteiger partial charge in [-0.25, -0.2) is 8.42 Å². The van der Waals surface area contributed by atoms with Crippen LogP contribution in [-0.4, -0.2) is 61.6 Å². The summed E-state index contributed by atoms with van der Waals surface area (Å²) in [6.45, 7) is 3.60. The maximum absolute atomic E-state index is 13.6. The third-order valence-corrected chi connectivity index (χ3v) is 11.0. The first-order valence-corrected chi connectivity index (χ1v) is 19.7. The molecule has 1 saturated heterocycles. The van der Waals surface area contributed by atoms with Gasteiger partial charge in [-0.3, -0.25) is 9.78 Å². The van der Waals surface area contributed by atoms with Crippen LogP contribution in [0.15, 0.2) is 132 Å². The largest absolute Gasteiger partial charge is 0.392 e. The zero-order valence-electron chi connectivity index (χ0n) is 30.7. The van der Waals surface area contributed by atoms with Gasteiger partial charge in [0.1, 0.15) is 6.04 Å². The van der Waals surface area contributed by atoms with Gasteiger partial charge in [0, 0.05) is 49.9 Å². The average Bonchev–Trinajstić information content (AvgIpc) is 3.20. The molecular formula is C43H48N4O6S. The number of aromatic nitrogens is 1. The molecule has 0 saturated carbocycles. The molecule has 1 fully saturated rings. The van der Waals surface area contributed by atoms with Crippen LogP contribution >= 0.6 is 0 Å². The van der Waals surface area contributed by atoms with E-state index in [0.717, 1.165) is 52.0 Å². The maximum atomic E-state index is 13.6. The molecule has 0 spiro atoms. The van der Waals surface area contributed by atoms with Gasteiger partial charge in [0.25, 0.3) is 0 Å². The van der Waals surface area contributed by atoms with E-state index in [0.29, 0.717) is 13.0 Å². The number of sulfonamides is 1. The van der Waals surface area contributed by atoms with Crippen LogP contribution in [0.4, 0.5) is 0 Å². The Kier molecular flexibility index (Phi) is 13.4. The highest BCUT2D eigenvalue weighted by Crippen LogP contribution is 2.38.